The van der Waals surface area contributed by atoms with Gasteiger partial charge in [0.1, 0.15) is 11.9 Å². The molecule has 0 radical (unpaired) electrons. The molecular weight excluding hydrogens is 356 g/mol. The van der Waals surface area contributed by atoms with Crippen molar-refractivity contribution in [1.29, 1.82) is 0 Å². The van der Waals surface area contributed by atoms with Gasteiger partial charge in [0.15, 0.2) is 0 Å². The molecule has 24 heavy (non-hydrogen) atoms. The van der Waals surface area contributed by atoms with Crippen LogP contribution in [0.4, 0.5) is 4.39 Å². The van der Waals surface area contributed by atoms with Gasteiger partial charge in [-0.15, -0.1) is 0 Å². The van der Waals surface area contributed by atoms with Crippen LogP contribution >= 0.6 is 23.2 Å². The lowest BCUT2D eigenvalue weighted by Crippen LogP contribution is -2.43. The number of ether oxygens (including phenoxy) is 1. The van der Waals surface area contributed by atoms with Crippen LogP contribution in [0.15, 0.2) is 42.5 Å². The van der Waals surface area contributed by atoms with Gasteiger partial charge in [-0.2, -0.15) is 0 Å². The maximum atomic E-state index is 12.9. The lowest BCUT2D eigenvalue weighted by molar-refractivity contribution is -0.142. The fourth-order valence-electron chi connectivity index (χ4n) is 2.11. The Morgan fingerprint density at radius 2 is 1.71 bits per heavy atom. The summed E-state index contributed by atoms with van der Waals surface area (Å²) in [6, 6.07) is 8.93. The number of esters is 1. The largest absolute Gasteiger partial charge is 0.467 e. The standard InChI is InChI=1S/C17H14Cl2FNO3/c1-24-17(23)15(9-12-13(18)3-2-4-14(12)19)21-16(22)10-5-7-11(20)8-6-10/h2-8,15H,9H2,1H3,(H,21,22)/t15-/m1/s1. The van der Waals surface area contributed by atoms with Crippen LogP contribution < -0.4 is 5.32 Å². The van der Waals surface area contributed by atoms with Crippen molar-refractivity contribution in [1.82, 2.24) is 5.32 Å². The molecule has 0 heterocycles. The van der Waals surface area contributed by atoms with Crippen molar-refractivity contribution in [2.24, 2.45) is 0 Å². The highest BCUT2D eigenvalue weighted by molar-refractivity contribution is 6.36. The van der Waals surface area contributed by atoms with Crippen LogP contribution in [-0.2, 0) is 16.0 Å². The minimum atomic E-state index is -0.982. The summed E-state index contributed by atoms with van der Waals surface area (Å²) in [5, 5.41) is 3.32. The third-order valence-electron chi connectivity index (χ3n) is 3.37. The molecule has 0 aromatic heterocycles. The van der Waals surface area contributed by atoms with Gasteiger partial charge in [-0.1, -0.05) is 29.3 Å². The van der Waals surface area contributed by atoms with E-state index >= 15 is 0 Å². The Balaban J connectivity index is 2.21. The van der Waals surface area contributed by atoms with E-state index in [1.165, 1.54) is 19.2 Å². The molecule has 2 aromatic rings. The van der Waals surface area contributed by atoms with Crippen LogP contribution in [0.25, 0.3) is 0 Å². The van der Waals surface area contributed by atoms with Gasteiger partial charge < -0.3 is 10.1 Å². The van der Waals surface area contributed by atoms with Gasteiger partial charge in [0.2, 0.25) is 0 Å². The number of methoxy groups -OCH3 is 1. The number of nitrogens with one attached hydrogen (secondary N) is 1. The molecule has 1 amide bonds. The van der Waals surface area contributed by atoms with E-state index in [1.807, 2.05) is 0 Å². The molecule has 0 aliphatic heterocycles. The average Bonchev–Trinajstić information content (AvgIpc) is 2.57. The molecule has 0 aliphatic carbocycles. The number of amides is 1. The second kappa shape index (κ2) is 8.13. The zero-order chi connectivity index (χ0) is 17.7. The Kier molecular flexibility index (Phi) is 6.17. The summed E-state index contributed by atoms with van der Waals surface area (Å²) >= 11 is 12.2. The van der Waals surface area contributed by atoms with Crippen LogP contribution in [0.5, 0.6) is 0 Å². The van der Waals surface area contributed by atoms with Crippen LogP contribution in [0, 0.1) is 5.82 Å². The first kappa shape index (κ1) is 18.2. The number of carbonyl (C=O) groups is 2. The first-order valence-electron chi connectivity index (χ1n) is 6.99. The summed E-state index contributed by atoms with van der Waals surface area (Å²) in [5.74, 6) is -1.63. The molecule has 2 aromatic carbocycles. The molecule has 0 unspecified atom stereocenters. The maximum Gasteiger partial charge on any atom is 0.328 e. The smallest absolute Gasteiger partial charge is 0.328 e. The lowest BCUT2D eigenvalue weighted by Gasteiger charge is -2.18. The Hall–Kier alpha value is -2.11. The number of benzene rings is 2. The van der Waals surface area contributed by atoms with E-state index in [9.17, 15) is 14.0 Å². The van der Waals surface area contributed by atoms with Crippen molar-refractivity contribution in [3.05, 3.63) is 69.5 Å². The minimum absolute atomic E-state index is 0.0676. The van der Waals surface area contributed by atoms with Gasteiger partial charge in [-0.3, -0.25) is 4.79 Å². The highest BCUT2D eigenvalue weighted by atomic mass is 35.5. The SMILES string of the molecule is COC(=O)[C@@H](Cc1c(Cl)cccc1Cl)NC(=O)c1ccc(F)cc1. The Morgan fingerprint density at radius 3 is 2.25 bits per heavy atom. The monoisotopic (exact) mass is 369 g/mol. The number of carbonyl (C=O) groups excluding carboxylic acids is 2. The molecular formula is C17H14Cl2FNO3. The van der Waals surface area contributed by atoms with E-state index in [2.05, 4.69) is 5.32 Å². The molecule has 0 bridgehead atoms. The average molecular weight is 370 g/mol. The Morgan fingerprint density at radius 1 is 1.12 bits per heavy atom. The van der Waals surface area contributed by atoms with Gasteiger partial charge in [-0.25, -0.2) is 9.18 Å². The summed E-state index contributed by atoms with van der Waals surface area (Å²) in [6.07, 6.45) is 0.0676. The van der Waals surface area contributed by atoms with Crippen molar-refractivity contribution < 1.29 is 18.7 Å². The predicted molar refractivity (Wildman–Crippen MR) is 89.8 cm³/mol. The van der Waals surface area contributed by atoms with Crippen LogP contribution in [0.3, 0.4) is 0 Å². The first-order chi connectivity index (χ1) is 11.4. The van der Waals surface area contributed by atoms with Crippen molar-refractivity contribution in [2.75, 3.05) is 7.11 Å². The van der Waals surface area contributed by atoms with E-state index < -0.39 is 23.7 Å². The number of hydrogen-bond acceptors (Lipinski definition) is 3. The van der Waals surface area contributed by atoms with E-state index in [1.54, 1.807) is 18.2 Å². The fraction of sp³-hybridized carbons (Fsp3) is 0.176. The first-order valence-corrected chi connectivity index (χ1v) is 7.75. The van der Waals surface area contributed by atoms with Gasteiger partial charge in [-0.05, 0) is 42.0 Å². The van der Waals surface area contributed by atoms with Gasteiger partial charge in [0.05, 0.1) is 7.11 Å². The summed E-state index contributed by atoms with van der Waals surface area (Å²) in [5.41, 5.74) is 0.742. The number of rotatable bonds is 5. The Bertz CT molecular complexity index is 730. The maximum absolute atomic E-state index is 12.9. The fourth-order valence-corrected chi connectivity index (χ4v) is 2.66. The van der Waals surface area contributed by atoms with Crippen molar-refractivity contribution in [3.63, 3.8) is 0 Å². The highest BCUT2D eigenvalue weighted by Crippen LogP contribution is 2.25. The minimum Gasteiger partial charge on any atom is -0.467 e. The second-order valence-corrected chi connectivity index (χ2v) is 5.77. The van der Waals surface area contributed by atoms with Gasteiger partial charge >= 0.3 is 5.97 Å². The lowest BCUT2D eigenvalue weighted by atomic mass is 10.0. The van der Waals surface area contributed by atoms with Crippen LogP contribution in [-0.4, -0.2) is 25.0 Å². The van der Waals surface area contributed by atoms with Crippen LogP contribution in [0.1, 0.15) is 15.9 Å². The zero-order valence-corrected chi connectivity index (χ0v) is 14.2. The van der Waals surface area contributed by atoms with Crippen molar-refractivity contribution >= 4 is 35.1 Å². The summed E-state index contributed by atoms with van der Waals surface area (Å²) in [4.78, 5) is 24.2. The molecule has 126 valence electrons. The molecule has 0 saturated heterocycles. The summed E-state index contributed by atoms with van der Waals surface area (Å²) in [6.45, 7) is 0. The molecule has 0 aliphatic rings. The number of halogens is 3. The molecule has 1 N–H and O–H groups in total. The highest BCUT2D eigenvalue weighted by Gasteiger charge is 2.24. The molecule has 7 heteroatoms. The molecule has 0 fully saturated rings. The van der Waals surface area contributed by atoms with E-state index in [4.69, 9.17) is 27.9 Å². The third kappa shape index (κ3) is 4.46. The van der Waals surface area contributed by atoms with Gasteiger partial charge in [0.25, 0.3) is 5.91 Å². The van der Waals surface area contributed by atoms with E-state index in [-0.39, 0.29) is 12.0 Å². The molecule has 0 saturated carbocycles. The normalized spacial score (nSPS) is 11.7. The summed E-state index contributed by atoms with van der Waals surface area (Å²) in [7, 11) is 1.22. The van der Waals surface area contributed by atoms with Crippen molar-refractivity contribution in [3.8, 4) is 0 Å². The van der Waals surface area contributed by atoms with Crippen LogP contribution in [0.2, 0.25) is 10.0 Å². The van der Waals surface area contributed by atoms with E-state index in [0.717, 1.165) is 12.1 Å². The molecule has 4 nitrogen and oxygen atoms in total. The quantitative estimate of drug-likeness (QED) is 0.818. The third-order valence-corrected chi connectivity index (χ3v) is 4.08. The molecule has 0 spiro atoms. The Labute approximate surface area is 148 Å². The second-order valence-electron chi connectivity index (χ2n) is 4.96. The predicted octanol–water partition coefficient (Wildman–Crippen LogP) is 3.65. The zero-order valence-electron chi connectivity index (χ0n) is 12.7. The van der Waals surface area contributed by atoms with E-state index in [0.29, 0.717) is 15.6 Å². The van der Waals surface area contributed by atoms with Gasteiger partial charge in [0, 0.05) is 22.0 Å². The number of hydrogen-bond donors (Lipinski definition) is 1. The molecule has 2 rings (SSSR count). The van der Waals surface area contributed by atoms with Crippen molar-refractivity contribution in [2.45, 2.75) is 12.5 Å². The topological polar surface area (TPSA) is 55.4 Å². The molecule has 1 atom stereocenters. The summed E-state index contributed by atoms with van der Waals surface area (Å²) < 4.78 is 17.7.